The average Bonchev–Trinajstić information content (AvgIpc) is 3.34. The van der Waals surface area contributed by atoms with Gasteiger partial charge in [0.05, 0.1) is 11.0 Å². The van der Waals surface area contributed by atoms with Crippen molar-refractivity contribution < 1.29 is 0 Å². The molecule has 0 radical (unpaired) electrons. The molecule has 0 saturated heterocycles. The number of aromatic nitrogens is 1. The molecule has 0 N–H and O–H groups in total. The SMILES string of the molecule is c1ccc(N2c3ccccc3B(c3ccc4c(c3)c3ccccc3n4-c3ccccc3)c3ccccc32)cc1. The van der Waals surface area contributed by atoms with Gasteiger partial charge in [0.2, 0.25) is 6.71 Å². The van der Waals surface area contributed by atoms with Crippen LogP contribution in [-0.4, -0.2) is 11.3 Å². The van der Waals surface area contributed by atoms with E-state index in [-0.39, 0.29) is 6.71 Å². The largest absolute Gasteiger partial charge is 0.312 e. The monoisotopic (exact) mass is 496 g/mol. The van der Waals surface area contributed by atoms with Crippen molar-refractivity contribution in [2.75, 3.05) is 4.90 Å². The van der Waals surface area contributed by atoms with E-state index in [2.05, 4.69) is 161 Å². The van der Waals surface area contributed by atoms with Gasteiger partial charge in [0.25, 0.3) is 0 Å². The van der Waals surface area contributed by atoms with Crippen LogP contribution in [0.5, 0.6) is 0 Å². The predicted molar refractivity (Wildman–Crippen MR) is 167 cm³/mol. The zero-order chi connectivity index (χ0) is 25.8. The fraction of sp³-hybridized carbons (Fsp3) is 0. The Morgan fingerprint density at radius 1 is 0.410 bits per heavy atom. The minimum atomic E-state index is 0.139. The Labute approximate surface area is 228 Å². The summed E-state index contributed by atoms with van der Waals surface area (Å²) < 4.78 is 2.38. The van der Waals surface area contributed by atoms with Crippen molar-refractivity contribution in [2.45, 2.75) is 0 Å². The molecule has 6 aromatic carbocycles. The summed E-state index contributed by atoms with van der Waals surface area (Å²) in [5.41, 5.74) is 11.3. The van der Waals surface area contributed by atoms with Gasteiger partial charge >= 0.3 is 0 Å². The van der Waals surface area contributed by atoms with Crippen molar-refractivity contribution in [1.29, 1.82) is 0 Å². The van der Waals surface area contributed by atoms with Gasteiger partial charge in [-0.05, 0) is 59.5 Å². The highest BCUT2D eigenvalue weighted by Crippen LogP contribution is 2.36. The number of hydrogen-bond donors (Lipinski definition) is 0. The summed E-state index contributed by atoms with van der Waals surface area (Å²) >= 11 is 0. The van der Waals surface area contributed by atoms with Gasteiger partial charge in [-0.3, -0.25) is 0 Å². The van der Waals surface area contributed by atoms with E-state index in [1.165, 1.54) is 60.9 Å². The molecule has 0 fully saturated rings. The highest BCUT2D eigenvalue weighted by atomic mass is 15.1. The van der Waals surface area contributed by atoms with Crippen molar-refractivity contribution in [2.24, 2.45) is 0 Å². The van der Waals surface area contributed by atoms with Crippen molar-refractivity contribution in [3.05, 3.63) is 152 Å². The molecule has 0 unspecified atom stereocenters. The first-order chi connectivity index (χ1) is 19.4. The molecule has 1 aliphatic heterocycles. The summed E-state index contributed by atoms with van der Waals surface area (Å²) in [6.07, 6.45) is 0. The van der Waals surface area contributed by atoms with Crippen LogP contribution >= 0.6 is 0 Å². The van der Waals surface area contributed by atoms with E-state index in [1.807, 2.05) is 0 Å². The van der Waals surface area contributed by atoms with E-state index in [0.717, 1.165) is 0 Å². The molecule has 0 spiro atoms. The highest BCUT2D eigenvalue weighted by molar-refractivity contribution is 6.98. The van der Waals surface area contributed by atoms with Crippen LogP contribution < -0.4 is 21.3 Å². The Hall–Kier alpha value is -5.02. The lowest BCUT2D eigenvalue weighted by atomic mass is 9.35. The summed E-state index contributed by atoms with van der Waals surface area (Å²) in [6, 6.07) is 54.9. The lowest BCUT2D eigenvalue weighted by molar-refractivity contribution is 1.18. The van der Waals surface area contributed by atoms with Crippen molar-refractivity contribution in [3.63, 3.8) is 0 Å². The zero-order valence-corrected chi connectivity index (χ0v) is 21.4. The molecular formula is C36H25BN2. The third kappa shape index (κ3) is 3.37. The first kappa shape index (κ1) is 22.0. The summed E-state index contributed by atoms with van der Waals surface area (Å²) in [4.78, 5) is 2.40. The highest BCUT2D eigenvalue weighted by Gasteiger charge is 2.35. The summed E-state index contributed by atoms with van der Waals surface area (Å²) in [5, 5.41) is 2.56. The zero-order valence-electron chi connectivity index (χ0n) is 21.4. The van der Waals surface area contributed by atoms with Gasteiger partial charge in [0.15, 0.2) is 0 Å². The van der Waals surface area contributed by atoms with Gasteiger partial charge < -0.3 is 9.47 Å². The maximum Gasteiger partial charge on any atom is 0.246 e. The van der Waals surface area contributed by atoms with E-state index in [9.17, 15) is 0 Å². The Morgan fingerprint density at radius 2 is 0.949 bits per heavy atom. The van der Waals surface area contributed by atoms with Gasteiger partial charge in [-0.15, -0.1) is 0 Å². The average molecular weight is 496 g/mol. The quantitative estimate of drug-likeness (QED) is 0.237. The van der Waals surface area contributed by atoms with Crippen molar-refractivity contribution in [3.8, 4) is 5.69 Å². The molecular weight excluding hydrogens is 471 g/mol. The topological polar surface area (TPSA) is 8.17 Å². The van der Waals surface area contributed by atoms with Gasteiger partial charge in [-0.2, -0.15) is 0 Å². The fourth-order valence-corrected chi connectivity index (χ4v) is 6.41. The number of benzene rings is 6. The molecule has 7 aromatic rings. The molecule has 3 heteroatoms. The Morgan fingerprint density at radius 3 is 1.64 bits per heavy atom. The molecule has 182 valence electrons. The van der Waals surface area contributed by atoms with Crippen LogP contribution in [0.1, 0.15) is 0 Å². The van der Waals surface area contributed by atoms with Crippen LogP contribution in [0.2, 0.25) is 0 Å². The second-order valence-electron chi connectivity index (χ2n) is 10.2. The lowest BCUT2D eigenvalue weighted by Gasteiger charge is -2.37. The molecule has 0 bridgehead atoms. The summed E-state index contributed by atoms with van der Waals surface area (Å²) in [5.74, 6) is 0. The van der Waals surface area contributed by atoms with Crippen LogP contribution in [0.25, 0.3) is 27.5 Å². The normalized spacial score (nSPS) is 12.5. The number of rotatable bonds is 3. The van der Waals surface area contributed by atoms with Crippen molar-refractivity contribution >= 4 is 62.0 Å². The third-order valence-corrected chi connectivity index (χ3v) is 8.04. The Bertz CT molecular complexity index is 1930. The van der Waals surface area contributed by atoms with E-state index in [0.29, 0.717) is 0 Å². The molecule has 2 nitrogen and oxygen atoms in total. The number of fused-ring (bicyclic) bond motifs is 5. The summed E-state index contributed by atoms with van der Waals surface area (Å²) in [7, 11) is 0. The van der Waals surface area contributed by atoms with Crippen LogP contribution in [0.15, 0.2) is 152 Å². The smallest absolute Gasteiger partial charge is 0.246 e. The van der Waals surface area contributed by atoms with E-state index in [1.54, 1.807) is 0 Å². The van der Waals surface area contributed by atoms with E-state index >= 15 is 0 Å². The first-order valence-corrected chi connectivity index (χ1v) is 13.5. The standard InChI is InChI=1S/C36H25BN2/c1-3-13-27(14-4-1)38-33-20-10-7-17-29(33)30-25-26(23-24-34(30)38)37-31-18-8-11-21-35(31)39(28-15-5-2-6-16-28)36-22-12-9-19-32(36)37/h1-25H. The minimum absolute atomic E-state index is 0.139. The molecule has 39 heavy (non-hydrogen) atoms. The molecule has 2 heterocycles. The lowest BCUT2D eigenvalue weighted by Crippen LogP contribution is -2.57. The van der Waals surface area contributed by atoms with Gasteiger partial charge in [0.1, 0.15) is 0 Å². The van der Waals surface area contributed by atoms with E-state index in [4.69, 9.17) is 0 Å². The van der Waals surface area contributed by atoms with E-state index < -0.39 is 0 Å². The number of para-hydroxylation sites is 5. The maximum absolute atomic E-state index is 2.42. The Kier molecular flexibility index (Phi) is 4.96. The van der Waals surface area contributed by atoms with Crippen LogP contribution in [-0.2, 0) is 0 Å². The Balaban J connectivity index is 1.38. The molecule has 0 amide bonds. The number of hydrogen-bond acceptors (Lipinski definition) is 1. The molecule has 8 rings (SSSR count). The van der Waals surface area contributed by atoms with Crippen LogP contribution in [0, 0.1) is 0 Å². The fourth-order valence-electron chi connectivity index (χ4n) is 6.41. The molecule has 1 aromatic heterocycles. The number of nitrogens with zero attached hydrogens (tertiary/aromatic N) is 2. The minimum Gasteiger partial charge on any atom is -0.312 e. The van der Waals surface area contributed by atoms with Crippen LogP contribution in [0.4, 0.5) is 17.1 Å². The second kappa shape index (κ2) is 8.78. The molecule has 0 aliphatic carbocycles. The van der Waals surface area contributed by atoms with Crippen LogP contribution in [0.3, 0.4) is 0 Å². The van der Waals surface area contributed by atoms with Gasteiger partial charge in [-0.25, -0.2) is 0 Å². The van der Waals surface area contributed by atoms with Crippen molar-refractivity contribution in [1.82, 2.24) is 4.57 Å². The summed E-state index contributed by atoms with van der Waals surface area (Å²) in [6.45, 7) is 0.139. The van der Waals surface area contributed by atoms with Gasteiger partial charge in [-0.1, -0.05) is 109 Å². The molecule has 0 atom stereocenters. The molecule has 1 aliphatic rings. The maximum atomic E-state index is 2.42. The van der Waals surface area contributed by atoms with Gasteiger partial charge in [0, 0.05) is 33.5 Å². The first-order valence-electron chi connectivity index (χ1n) is 13.5. The molecule has 0 saturated carbocycles. The predicted octanol–water partition coefficient (Wildman–Crippen LogP) is 7.08. The number of anilines is 3. The third-order valence-electron chi connectivity index (χ3n) is 8.04. The second-order valence-corrected chi connectivity index (χ2v) is 10.2.